The number of hydrogen-bond acceptors (Lipinski definition) is 5. The molecule has 0 fully saturated rings. The van der Waals surface area contributed by atoms with E-state index in [9.17, 15) is 9.90 Å². The van der Waals surface area contributed by atoms with Gasteiger partial charge in [-0.05, 0) is 62.1 Å². The normalized spacial score (nSPS) is 18.0. The summed E-state index contributed by atoms with van der Waals surface area (Å²) in [4.78, 5) is 14.4. The zero-order valence-electron chi connectivity index (χ0n) is 17.0. The molecule has 1 aliphatic rings. The van der Waals surface area contributed by atoms with Gasteiger partial charge in [0.25, 0.3) is 5.91 Å². The van der Waals surface area contributed by atoms with Crippen molar-refractivity contribution in [2.45, 2.75) is 38.6 Å². The van der Waals surface area contributed by atoms with Gasteiger partial charge in [0.05, 0.1) is 13.3 Å². The van der Waals surface area contributed by atoms with E-state index in [2.05, 4.69) is 49.3 Å². The van der Waals surface area contributed by atoms with E-state index in [0.29, 0.717) is 17.2 Å². The number of carbonyl (C=O) groups excluding carboxylic acids is 1. The van der Waals surface area contributed by atoms with Crippen LogP contribution < -0.4 is 15.1 Å². The number of aromatic hydroxyl groups is 1. The molecule has 1 atom stereocenters. The van der Waals surface area contributed by atoms with Gasteiger partial charge >= 0.3 is 0 Å². The molecule has 0 aromatic heterocycles. The van der Waals surface area contributed by atoms with Crippen molar-refractivity contribution >= 4 is 17.8 Å². The van der Waals surface area contributed by atoms with Gasteiger partial charge in [-0.15, -0.1) is 0 Å². The summed E-state index contributed by atoms with van der Waals surface area (Å²) in [6, 6.07) is 10.1. The van der Waals surface area contributed by atoms with Crippen molar-refractivity contribution in [2.24, 2.45) is 5.10 Å². The lowest BCUT2D eigenvalue weighted by atomic mass is 9.80. The quantitative estimate of drug-likeness (QED) is 0.622. The third-order valence-electron chi connectivity index (χ3n) is 5.48. The number of nitrogens with zero attached hydrogens (tertiary/aromatic N) is 2. The molecular formula is C22H27N3O3. The van der Waals surface area contributed by atoms with Gasteiger partial charge in [0.1, 0.15) is 11.5 Å². The van der Waals surface area contributed by atoms with Gasteiger partial charge in [0, 0.05) is 35.5 Å². The van der Waals surface area contributed by atoms with Gasteiger partial charge in [-0.3, -0.25) is 4.79 Å². The number of phenols is 1. The third-order valence-corrected chi connectivity index (χ3v) is 5.48. The first-order chi connectivity index (χ1) is 13.2. The Balaban J connectivity index is 1.84. The summed E-state index contributed by atoms with van der Waals surface area (Å²) in [6.07, 6.45) is 2.65. The minimum Gasteiger partial charge on any atom is -0.508 e. The molecule has 1 amide bonds. The van der Waals surface area contributed by atoms with E-state index in [1.807, 2.05) is 6.07 Å². The van der Waals surface area contributed by atoms with Crippen LogP contribution in [0.4, 0.5) is 5.69 Å². The summed E-state index contributed by atoms with van der Waals surface area (Å²) in [7, 11) is 3.74. The molecule has 6 nitrogen and oxygen atoms in total. The number of carbonyl (C=O) groups is 1. The van der Waals surface area contributed by atoms with Crippen LogP contribution in [0, 0.1) is 0 Å². The fourth-order valence-corrected chi connectivity index (χ4v) is 3.73. The topological polar surface area (TPSA) is 74.2 Å². The van der Waals surface area contributed by atoms with E-state index >= 15 is 0 Å². The maximum absolute atomic E-state index is 12.2. The lowest BCUT2D eigenvalue weighted by Gasteiger charge is -2.45. The van der Waals surface area contributed by atoms with E-state index in [4.69, 9.17) is 4.74 Å². The number of ether oxygens (including phenoxy) is 1. The number of benzene rings is 2. The summed E-state index contributed by atoms with van der Waals surface area (Å²) in [6.45, 7) is 6.72. The van der Waals surface area contributed by atoms with Crippen molar-refractivity contribution in [1.82, 2.24) is 5.43 Å². The highest BCUT2D eigenvalue weighted by Crippen LogP contribution is 2.44. The van der Waals surface area contributed by atoms with Crippen LogP contribution in [0.25, 0.3) is 0 Å². The molecule has 148 valence electrons. The van der Waals surface area contributed by atoms with Gasteiger partial charge < -0.3 is 14.7 Å². The molecule has 0 saturated carbocycles. The fraction of sp³-hybridized carbons (Fsp3) is 0.364. The smallest absolute Gasteiger partial charge is 0.271 e. The van der Waals surface area contributed by atoms with E-state index in [1.165, 1.54) is 17.7 Å². The number of fused-ring (bicyclic) bond motifs is 1. The highest BCUT2D eigenvalue weighted by atomic mass is 16.5. The first-order valence-electron chi connectivity index (χ1n) is 9.31. The summed E-state index contributed by atoms with van der Waals surface area (Å²) >= 11 is 0. The molecule has 1 heterocycles. The maximum atomic E-state index is 12.2. The summed E-state index contributed by atoms with van der Waals surface area (Å²) < 4.78 is 5.56. The standard InChI is InChI=1S/C22H27N3O3/c1-14-12-22(2,3)25(4)19-11-20(28-5)16(10-18(14)19)13-23-24-21(27)15-6-8-17(26)9-7-15/h6-11,13-14,26H,12H2,1-5H3,(H,24,27)/b23-13-. The number of amides is 1. The highest BCUT2D eigenvalue weighted by Gasteiger charge is 2.34. The Morgan fingerprint density at radius 1 is 1.32 bits per heavy atom. The second-order valence-electron chi connectivity index (χ2n) is 7.88. The Bertz CT molecular complexity index is 904. The van der Waals surface area contributed by atoms with Crippen LogP contribution in [0.3, 0.4) is 0 Å². The number of hydrogen-bond donors (Lipinski definition) is 2. The van der Waals surface area contributed by atoms with Crippen LogP contribution in [0.2, 0.25) is 0 Å². The minimum atomic E-state index is -0.344. The van der Waals surface area contributed by atoms with Gasteiger partial charge in [-0.1, -0.05) is 6.92 Å². The minimum absolute atomic E-state index is 0.0745. The first-order valence-corrected chi connectivity index (χ1v) is 9.31. The number of hydrazone groups is 1. The van der Waals surface area contributed by atoms with E-state index in [-0.39, 0.29) is 17.2 Å². The molecule has 0 radical (unpaired) electrons. The molecule has 28 heavy (non-hydrogen) atoms. The number of anilines is 1. The predicted octanol–water partition coefficient (Wildman–Crippen LogP) is 3.89. The number of nitrogens with one attached hydrogen (secondary N) is 1. The molecule has 1 unspecified atom stereocenters. The van der Waals surface area contributed by atoms with Crippen LogP contribution in [-0.4, -0.2) is 36.9 Å². The number of rotatable bonds is 4. The van der Waals surface area contributed by atoms with Crippen LogP contribution in [-0.2, 0) is 0 Å². The zero-order chi connectivity index (χ0) is 20.5. The van der Waals surface area contributed by atoms with Crippen LogP contribution >= 0.6 is 0 Å². The van der Waals surface area contributed by atoms with Crippen molar-refractivity contribution in [1.29, 1.82) is 0 Å². The average Bonchev–Trinajstić information content (AvgIpc) is 2.66. The molecule has 3 rings (SSSR count). The molecule has 2 N–H and O–H groups in total. The van der Waals surface area contributed by atoms with Gasteiger partial charge in [-0.2, -0.15) is 5.10 Å². The molecule has 1 aliphatic heterocycles. The van der Waals surface area contributed by atoms with Crippen molar-refractivity contribution < 1.29 is 14.6 Å². The van der Waals surface area contributed by atoms with E-state index in [1.54, 1.807) is 25.5 Å². The summed E-state index contributed by atoms with van der Waals surface area (Å²) in [5, 5.41) is 13.4. The third kappa shape index (κ3) is 3.81. The molecule has 0 saturated heterocycles. The van der Waals surface area contributed by atoms with Gasteiger partial charge in [-0.25, -0.2) is 5.43 Å². The Hall–Kier alpha value is -3.02. The summed E-state index contributed by atoms with van der Waals surface area (Å²) in [5.74, 6) is 0.883. The van der Waals surface area contributed by atoms with Crippen molar-refractivity contribution in [3.8, 4) is 11.5 Å². The fourth-order valence-electron chi connectivity index (χ4n) is 3.73. The molecule has 0 bridgehead atoms. The summed E-state index contributed by atoms with van der Waals surface area (Å²) in [5.41, 5.74) is 6.22. The van der Waals surface area contributed by atoms with Crippen molar-refractivity contribution in [2.75, 3.05) is 19.1 Å². The Kier molecular flexibility index (Phi) is 5.31. The molecule has 2 aromatic rings. The zero-order valence-corrected chi connectivity index (χ0v) is 17.0. The number of methoxy groups -OCH3 is 1. The molecule has 2 aromatic carbocycles. The predicted molar refractivity (Wildman–Crippen MR) is 112 cm³/mol. The molecular weight excluding hydrogens is 354 g/mol. The van der Waals surface area contributed by atoms with Crippen molar-refractivity contribution in [3.05, 3.63) is 53.1 Å². The van der Waals surface area contributed by atoms with Gasteiger partial charge in [0.15, 0.2) is 0 Å². The monoisotopic (exact) mass is 381 g/mol. The lowest BCUT2D eigenvalue weighted by molar-refractivity contribution is 0.0955. The van der Waals surface area contributed by atoms with Crippen LogP contribution in [0.1, 0.15) is 54.6 Å². The van der Waals surface area contributed by atoms with Crippen LogP contribution in [0.15, 0.2) is 41.5 Å². The highest BCUT2D eigenvalue weighted by molar-refractivity contribution is 5.95. The second kappa shape index (κ2) is 7.54. The maximum Gasteiger partial charge on any atom is 0.271 e. The molecule has 6 heteroatoms. The first kappa shape index (κ1) is 19.7. The Labute approximate surface area is 165 Å². The molecule has 0 aliphatic carbocycles. The molecule has 0 spiro atoms. The van der Waals surface area contributed by atoms with E-state index < -0.39 is 0 Å². The lowest BCUT2D eigenvalue weighted by Crippen LogP contribution is -2.45. The van der Waals surface area contributed by atoms with E-state index in [0.717, 1.165) is 17.7 Å². The Morgan fingerprint density at radius 3 is 2.64 bits per heavy atom. The Morgan fingerprint density at radius 2 is 2.00 bits per heavy atom. The van der Waals surface area contributed by atoms with Gasteiger partial charge in [0.2, 0.25) is 0 Å². The van der Waals surface area contributed by atoms with Crippen molar-refractivity contribution in [3.63, 3.8) is 0 Å². The van der Waals surface area contributed by atoms with Crippen LogP contribution in [0.5, 0.6) is 11.5 Å². The SMILES string of the molecule is COc1cc2c(cc1/C=N\NC(=O)c1ccc(O)cc1)C(C)CC(C)(C)N2C. The number of phenolic OH excluding ortho intramolecular Hbond substituents is 1. The largest absolute Gasteiger partial charge is 0.508 e. The second-order valence-corrected chi connectivity index (χ2v) is 7.88. The average molecular weight is 381 g/mol.